The highest BCUT2D eigenvalue weighted by atomic mass is 16.1. The number of fused-ring (bicyclic) bond motifs is 3. The molecule has 108 valence electrons. The molecule has 0 bridgehead atoms. The quantitative estimate of drug-likeness (QED) is 0.554. The van der Waals surface area contributed by atoms with Gasteiger partial charge in [0.1, 0.15) is 11.8 Å². The monoisotopic (exact) mass is 292 g/mol. The molecule has 0 saturated carbocycles. The summed E-state index contributed by atoms with van der Waals surface area (Å²) < 4.78 is 3.13. The Labute approximate surface area is 124 Å². The minimum atomic E-state index is -0.192. The molecule has 0 amide bonds. The second-order valence-electron chi connectivity index (χ2n) is 5.14. The van der Waals surface area contributed by atoms with E-state index in [1.54, 1.807) is 16.8 Å². The van der Waals surface area contributed by atoms with Gasteiger partial charge in [-0.15, -0.1) is 10.2 Å². The third kappa shape index (κ3) is 1.95. The predicted molar refractivity (Wildman–Crippen MR) is 80.6 cm³/mol. The van der Waals surface area contributed by atoms with Crippen molar-refractivity contribution in [1.29, 1.82) is 0 Å². The van der Waals surface area contributed by atoms with E-state index in [1.807, 2.05) is 31.2 Å². The van der Waals surface area contributed by atoms with Crippen molar-refractivity contribution in [2.24, 2.45) is 0 Å². The average Bonchev–Trinajstić information content (AvgIpc) is 3.01. The molecule has 1 aromatic carbocycles. The lowest BCUT2D eigenvalue weighted by atomic mass is 10.1. The van der Waals surface area contributed by atoms with Crippen LogP contribution in [0.2, 0.25) is 0 Å². The molecule has 0 radical (unpaired) electrons. The van der Waals surface area contributed by atoms with Crippen LogP contribution in [-0.4, -0.2) is 29.4 Å². The molecule has 0 aliphatic rings. The first-order valence-electron chi connectivity index (χ1n) is 6.83. The van der Waals surface area contributed by atoms with Crippen molar-refractivity contribution in [3.63, 3.8) is 0 Å². The van der Waals surface area contributed by atoms with E-state index >= 15 is 0 Å². The van der Waals surface area contributed by atoms with Crippen LogP contribution in [0.25, 0.3) is 16.8 Å². The lowest BCUT2D eigenvalue weighted by molar-refractivity contribution is 0.760. The summed E-state index contributed by atoms with van der Waals surface area (Å²) in [6.45, 7) is 2.52. The van der Waals surface area contributed by atoms with Gasteiger partial charge in [0.15, 0.2) is 5.52 Å². The summed E-state index contributed by atoms with van der Waals surface area (Å²) in [5.41, 5.74) is 2.94. The number of nitrogens with zero attached hydrogens (tertiary/aromatic N) is 6. The second kappa shape index (κ2) is 4.73. The fraction of sp³-hybridized carbons (Fsp3) is 0.133. The van der Waals surface area contributed by atoms with E-state index in [-0.39, 0.29) is 11.1 Å². The van der Waals surface area contributed by atoms with Gasteiger partial charge in [-0.1, -0.05) is 29.8 Å². The van der Waals surface area contributed by atoms with E-state index in [4.69, 9.17) is 0 Å². The van der Waals surface area contributed by atoms with Gasteiger partial charge in [-0.25, -0.2) is 0 Å². The summed E-state index contributed by atoms with van der Waals surface area (Å²) in [6.07, 6.45) is 3.13. The fourth-order valence-corrected chi connectivity index (χ4v) is 2.40. The highest BCUT2D eigenvalue weighted by Crippen LogP contribution is 2.08. The van der Waals surface area contributed by atoms with Crippen LogP contribution >= 0.6 is 0 Å². The van der Waals surface area contributed by atoms with Crippen LogP contribution in [0.5, 0.6) is 0 Å². The number of hydrogen-bond donors (Lipinski definition) is 0. The summed E-state index contributed by atoms with van der Waals surface area (Å²) in [7, 11) is 0. The molecule has 0 unspecified atom stereocenters. The average molecular weight is 292 g/mol. The molecule has 0 atom stereocenters. The lowest BCUT2D eigenvalue weighted by Crippen LogP contribution is -2.22. The zero-order valence-corrected chi connectivity index (χ0v) is 11.8. The van der Waals surface area contributed by atoms with E-state index in [9.17, 15) is 4.79 Å². The van der Waals surface area contributed by atoms with E-state index < -0.39 is 0 Å². The smallest absolute Gasteiger partial charge is 0.280 e. The summed E-state index contributed by atoms with van der Waals surface area (Å²) in [6, 6.07) is 9.89. The molecule has 0 spiro atoms. The van der Waals surface area contributed by atoms with E-state index in [0.29, 0.717) is 17.8 Å². The molecule has 0 N–H and O–H groups in total. The number of pyridine rings is 1. The molecule has 22 heavy (non-hydrogen) atoms. The number of aromatic nitrogens is 6. The Morgan fingerprint density at radius 1 is 1.09 bits per heavy atom. The molecular weight excluding hydrogens is 280 g/mol. The summed E-state index contributed by atoms with van der Waals surface area (Å²) in [5, 5.41) is 12.0. The molecule has 0 aliphatic carbocycles. The summed E-state index contributed by atoms with van der Waals surface area (Å²) in [5.74, 6) is 0.378. The SMILES string of the molecule is Cc1ccc(Cn2ccc3c(nnc4ncnn43)c2=O)cc1. The molecule has 0 aliphatic heterocycles. The van der Waals surface area contributed by atoms with Gasteiger partial charge in [0, 0.05) is 6.20 Å². The van der Waals surface area contributed by atoms with E-state index in [0.717, 1.165) is 5.56 Å². The summed E-state index contributed by atoms with van der Waals surface area (Å²) >= 11 is 0. The molecule has 0 saturated heterocycles. The maximum Gasteiger partial charge on any atom is 0.280 e. The molecule has 7 nitrogen and oxygen atoms in total. The third-order valence-electron chi connectivity index (χ3n) is 3.59. The Morgan fingerprint density at radius 2 is 1.91 bits per heavy atom. The van der Waals surface area contributed by atoms with E-state index in [2.05, 4.69) is 20.3 Å². The van der Waals surface area contributed by atoms with Gasteiger partial charge >= 0.3 is 0 Å². The molecule has 3 heterocycles. The highest BCUT2D eigenvalue weighted by molar-refractivity contribution is 5.74. The lowest BCUT2D eigenvalue weighted by Gasteiger charge is -2.07. The number of hydrogen-bond acceptors (Lipinski definition) is 5. The van der Waals surface area contributed by atoms with Crippen LogP contribution in [0.1, 0.15) is 11.1 Å². The first-order valence-corrected chi connectivity index (χ1v) is 6.83. The number of aryl methyl sites for hydroxylation is 1. The zero-order chi connectivity index (χ0) is 15.1. The fourth-order valence-electron chi connectivity index (χ4n) is 2.40. The Morgan fingerprint density at radius 3 is 2.73 bits per heavy atom. The standard InChI is InChI=1S/C15H12N6O/c1-10-2-4-11(5-3-10)8-20-7-6-12-13(14(20)22)18-19-15-16-9-17-21(12)15/h2-7,9H,8H2,1H3. The van der Waals surface area contributed by atoms with Crippen LogP contribution in [0.15, 0.2) is 47.7 Å². The normalized spacial score (nSPS) is 11.3. The van der Waals surface area contributed by atoms with Gasteiger partial charge in [0.05, 0.1) is 6.54 Å². The minimum absolute atomic E-state index is 0.192. The predicted octanol–water partition coefficient (Wildman–Crippen LogP) is 1.19. The van der Waals surface area contributed by atoms with Gasteiger partial charge in [0.2, 0.25) is 0 Å². The number of benzene rings is 1. The Hall–Kier alpha value is -3.09. The van der Waals surface area contributed by atoms with Crippen molar-refractivity contribution >= 4 is 16.8 Å². The van der Waals surface area contributed by atoms with Gasteiger partial charge in [-0.3, -0.25) is 4.79 Å². The first-order chi connectivity index (χ1) is 10.7. The van der Waals surface area contributed by atoms with Crippen molar-refractivity contribution in [2.45, 2.75) is 13.5 Å². The Bertz CT molecular complexity index is 1030. The second-order valence-corrected chi connectivity index (χ2v) is 5.14. The molecule has 3 aromatic heterocycles. The van der Waals surface area contributed by atoms with Gasteiger partial charge in [-0.2, -0.15) is 14.6 Å². The van der Waals surface area contributed by atoms with Crippen LogP contribution in [-0.2, 0) is 6.54 Å². The van der Waals surface area contributed by atoms with Gasteiger partial charge in [-0.05, 0) is 18.6 Å². The first kappa shape index (κ1) is 12.6. The van der Waals surface area contributed by atoms with Crippen molar-refractivity contribution in [3.8, 4) is 0 Å². The van der Waals surface area contributed by atoms with Crippen LogP contribution in [0, 0.1) is 6.92 Å². The van der Waals surface area contributed by atoms with Crippen LogP contribution < -0.4 is 5.56 Å². The Kier molecular flexibility index (Phi) is 2.72. The zero-order valence-electron chi connectivity index (χ0n) is 11.8. The highest BCUT2D eigenvalue weighted by Gasteiger charge is 2.10. The molecular formula is C15H12N6O. The molecule has 0 fully saturated rings. The number of rotatable bonds is 2. The van der Waals surface area contributed by atoms with Crippen molar-refractivity contribution in [3.05, 3.63) is 64.3 Å². The van der Waals surface area contributed by atoms with Crippen molar-refractivity contribution < 1.29 is 0 Å². The van der Waals surface area contributed by atoms with Gasteiger partial charge < -0.3 is 4.57 Å². The molecule has 7 heteroatoms. The van der Waals surface area contributed by atoms with E-state index in [1.165, 1.54) is 16.4 Å². The maximum atomic E-state index is 12.6. The van der Waals surface area contributed by atoms with Crippen LogP contribution in [0.4, 0.5) is 0 Å². The third-order valence-corrected chi connectivity index (χ3v) is 3.59. The summed E-state index contributed by atoms with van der Waals surface area (Å²) in [4.78, 5) is 16.5. The van der Waals surface area contributed by atoms with Gasteiger partial charge in [0.25, 0.3) is 11.3 Å². The molecule has 4 aromatic rings. The Balaban J connectivity index is 1.85. The maximum absolute atomic E-state index is 12.6. The largest absolute Gasteiger partial charge is 0.309 e. The minimum Gasteiger partial charge on any atom is -0.309 e. The van der Waals surface area contributed by atoms with Crippen LogP contribution in [0.3, 0.4) is 0 Å². The van der Waals surface area contributed by atoms with Crippen molar-refractivity contribution in [1.82, 2.24) is 29.4 Å². The van der Waals surface area contributed by atoms with Crippen molar-refractivity contribution in [2.75, 3.05) is 0 Å². The topological polar surface area (TPSA) is 78.0 Å². The molecule has 4 rings (SSSR count).